The maximum atomic E-state index is 14.1. The smallest absolute Gasteiger partial charge is 0.247 e. The first-order chi connectivity index (χ1) is 14.4. The van der Waals surface area contributed by atoms with Gasteiger partial charge in [0.2, 0.25) is 11.8 Å². The van der Waals surface area contributed by atoms with Crippen LogP contribution < -0.4 is 15.5 Å². The molecule has 3 fully saturated rings. The van der Waals surface area contributed by atoms with Crippen LogP contribution >= 0.6 is 0 Å². The van der Waals surface area contributed by atoms with E-state index in [1.165, 1.54) is 6.07 Å². The normalized spacial score (nSPS) is 24.0. The number of carbonyl (C=O) groups excluding carboxylic acids is 2. The SMILES string of the molecule is CC(=O)N1CC2CC(C1)N2c1cccc(NC(=O)C2Cc3c(F)ccc(C)c3N2)c1. The lowest BCUT2D eigenvalue weighted by atomic mass is 9.86. The predicted octanol–water partition coefficient (Wildman–Crippen LogP) is 2.92. The molecule has 2 N–H and O–H groups in total. The minimum absolute atomic E-state index is 0.127. The largest absolute Gasteiger partial charge is 0.373 e. The van der Waals surface area contributed by atoms with E-state index in [1.807, 2.05) is 36.1 Å². The fraction of sp³-hybridized carbons (Fsp3) is 0.391. The number of rotatable bonds is 3. The van der Waals surface area contributed by atoms with E-state index in [0.717, 1.165) is 42.1 Å². The van der Waals surface area contributed by atoms with Crippen molar-refractivity contribution in [2.24, 2.45) is 0 Å². The lowest BCUT2D eigenvalue weighted by Gasteiger charge is -2.57. The highest BCUT2D eigenvalue weighted by atomic mass is 19.1. The van der Waals surface area contributed by atoms with Crippen LogP contribution in [0.25, 0.3) is 0 Å². The van der Waals surface area contributed by atoms with Gasteiger partial charge in [0.25, 0.3) is 0 Å². The summed E-state index contributed by atoms with van der Waals surface area (Å²) in [6.45, 7) is 5.02. The zero-order valence-electron chi connectivity index (χ0n) is 17.1. The minimum Gasteiger partial charge on any atom is -0.373 e. The van der Waals surface area contributed by atoms with Crippen LogP contribution in [0.3, 0.4) is 0 Å². The van der Waals surface area contributed by atoms with Crippen LogP contribution in [-0.2, 0) is 16.0 Å². The fourth-order valence-electron chi connectivity index (χ4n) is 4.99. The fourth-order valence-corrected chi connectivity index (χ4v) is 4.99. The van der Waals surface area contributed by atoms with Gasteiger partial charge >= 0.3 is 0 Å². The van der Waals surface area contributed by atoms with E-state index >= 15 is 0 Å². The Kier molecular flexibility index (Phi) is 4.41. The third kappa shape index (κ3) is 3.09. The Balaban J connectivity index is 1.27. The van der Waals surface area contributed by atoms with Gasteiger partial charge in [-0.3, -0.25) is 9.59 Å². The second-order valence-electron chi connectivity index (χ2n) is 8.53. The van der Waals surface area contributed by atoms with Crippen LogP contribution in [0.15, 0.2) is 36.4 Å². The average Bonchev–Trinajstić information content (AvgIpc) is 3.18. The molecule has 2 aromatic rings. The van der Waals surface area contributed by atoms with Crippen molar-refractivity contribution in [3.63, 3.8) is 0 Å². The van der Waals surface area contributed by atoms with E-state index in [0.29, 0.717) is 24.1 Å². The van der Waals surface area contributed by atoms with E-state index in [-0.39, 0.29) is 17.6 Å². The van der Waals surface area contributed by atoms with Crippen molar-refractivity contribution in [2.45, 2.75) is 44.8 Å². The van der Waals surface area contributed by atoms with Gasteiger partial charge in [-0.05, 0) is 43.2 Å². The average molecular weight is 408 g/mol. The van der Waals surface area contributed by atoms with Gasteiger partial charge in [0, 0.05) is 61.1 Å². The molecule has 4 heterocycles. The molecule has 2 aromatic carbocycles. The van der Waals surface area contributed by atoms with Gasteiger partial charge in [0.05, 0.1) is 0 Å². The van der Waals surface area contributed by atoms with Crippen molar-refractivity contribution in [3.8, 4) is 0 Å². The molecule has 4 aliphatic heterocycles. The van der Waals surface area contributed by atoms with Crippen molar-refractivity contribution in [1.82, 2.24) is 4.90 Å². The first-order valence-corrected chi connectivity index (χ1v) is 10.4. The summed E-state index contributed by atoms with van der Waals surface area (Å²) in [4.78, 5) is 28.7. The third-order valence-corrected chi connectivity index (χ3v) is 6.56. The summed E-state index contributed by atoms with van der Waals surface area (Å²) in [5, 5.41) is 6.15. The first-order valence-electron chi connectivity index (χ1n) is 10.4. The van der Waals surface area contributed by atoms with Crippen LogP contribution in [0.2, 0.25) is 0 Å². The molecule has 4 aliphatic rings. The molecule has 0 spiro atoms. The van der Waals surface area contributed by atoms with Crippen LogP contribution in [-0.4, -0.2) is 47.9 Å². The number of anilines is 3. The molecule has 0 saturated carbocycles. The number of halogens is 1. The van der Waals surface area contributed by atoms with Crippen LogP contribution in [0.5, 0.6) is 0 Å². The monoisotopic (exact) mass is 408 g/mol. The van der Waals surface area contributed by atoms with Crippen LogP contribution in [0, 0.1) is 12.7 Å². The molecule has 3 saturated heterocycles. The van der Waals surface area contributed by atoms with Crippen molar-refractivity contribution >= 4 is 28.9 Å². The number of fused-ring (bicyclic) bond motifs is 3. The van der Waals surface area contributed by atoms with Gasteiger partial charge in [-0.2, -0.15) is 0 Å². The van der Waals surface area contributed by atoms with Crippen LogP contribution in [0.4, 0.5) is 21.5 Å². The second-order valence-corrected chi connectivity index (χ2v) is 8.53. The Morgan fingerprint density at radius 3 is 2.63 bits per heavy atom. The zero-order chi connectivity index (χ0) is 21.0. The molecule has 6 rings (SSSR count). The van der Waals surface area contributed by atoms with Gasteiger partial charge in [0.1, 0.15) is 11.9 Å². The summed E-state index contributed by atoms with van der Waals surface area (Å²) in [5.74, 6) is -0.319. The standard InChI is InChI=1S/C23H25FN4O2/c1-13-6-7-20(24)19-10-21(26-22(13)19)23(30)25-15-4-3-5-16(8-15)28-17-9-18(28)12-27(11-17)14(2)29/h3-8,17-18,21,26H,9-12H2,1-2H3,(H,25,30). The van der Waals surface area contributed by atoms with Crippen molar-refractivity contribution in [2.75, 3.05) is 28.6 Å². The molecule has 2 bridgehead atoms. The summed E-state index contributed by atoms with van der Waals surface area (Å²) in [6, 6.07) is 11.2. The number of amides is 2. The number of nitrogens with zero attached hydrogens (tertiary/aromatic N) is 2. The number of piperazine rings is 1. The van der Waals surface area contributed by atoms with Crippen molar-refractivity contribution < 1.29 is 14.0 Å². The van der Waals surface area contributed by atoms with Crippen LogP contribution in [0.1, 0.15) is 24.5 Å². The lowest BCUT2D eigenvalue weighted by molar-refractivity contribution is -0.131. The molecule has 0 radical (unpaired) electrons. The molecular formula is C23H25FN4O2. The number of nitrogens with one attached hydrogen (secondary N) is 2. The summed E-state index contributed by atoms with van der Waals surface area (Å²) >= 11 is 0. The Labute approximate surface area is 175 Å². The lowest BCUT2D eigenvalue weighted by Crippen LogP contribution is -2.69. The predicted molar refractivity (Wildman–Crippen MR) is 114 cm³/mol. The van der Waals surface area contributed by atoms with E-state index in [9.17, 15) is 14.0 Å². The number of aryl methyl sites for hydroxylation is 1. The molecule has 156 valence electrons. The molecule has 0 aromatic heterocycles. The molecule has 3 unspecified atom stereocenters. The first kappa shape index (κ1) is 18.9. The quantitative estimate of drug-likeness (QED) is 0.820. The van der Waals surface area contributed by atoms with Gasteiger partial charge < -0.3 is 20.4 Å². The van der Waals surface area contributed by atoms with Gasteiger partial charge in [-0.25, -0.2) is 4.39 Å². The highest BCUT2D eigenvalue weighted by Gasteiger charge is 2.45. The number of hydrogen-bond donors (Lipinski definition) is 2. The van der Waals surface area contributed by atoms with E-state index < -0.39 is 6.04 Å². The zero-order valence-corrected chi connectivity index (χ0v) is 17.1. The maximum Gasteiger partial charge on any atom is 0.247 e. The minimum atomic E-state index is -0.494. The second kappa shape index (κ2) is 7.00. The molecule has 6 nitrogen and oxygen atoms in total. The molecule has 0 aliphatic carbocycles. The van der Waals surface area contributed by atoms with Crippen molar-refractivity contribution in [1.29, 1.82) is 0 Å². The van der Waals surface area contributed by atoms with E-state index in [1.54, 1.807) is 13.0 Å². The topological polar surface area (TPSA) is 64.7 Å². The Hall–Kier alpha value is -3.09. The Bertz CT molecular complexity index is 997. The van der Waals surface area contributed by atoms with Gasteiger partial charge in [-0.1, -0.05) is 12.1 Å². The summed E-state index contributed by atoms with van der Waals surface area (Å²) in [7, 11) is 0. The number of hydrogen-bond acceptors (Lipinski definition) is 4. The van der Waals surface area contributed by atoms with E-state index in [2.05, 4.69) is 15.5 Å². The van der Waals surface area contributed by atoms with E-state index in [4.69, 9.17) is 0 Å². The number of carbonyl (C=O) groups is 2. The van der Waals surface area contributed by atoms with Gasteiger partial charge in [-0.15, -0.1) is 0 Å². The molecular weight excluding hydrogens is 383 g/mol. The Morgan fingerprint density at radius 1 is 1.17 bits per heavy atom. The molecule has 7 heteroatoms. The number of benzene rings is 2. The molecule has 3 atom stereocenters. The van der Waals surface area contributed by atoms with Gasteiger partial charge in [0.15, 0.2) is 0 Å². The summed E-state index contributed by atoms with van der Waals surface area (Å²) in [6.07, 6.45) is 1.43. The summed E-state index contributed by atoms with van der Waals surface area (Å²) < 4.78 is 14.1. The maximum absolute atomic E-state index is 14.1. The third-order valence-electron chi connectivity index (χ3n) is 6.56. The Morgan fingerprint density at radius 2 is 1.93 bits per heavy atom. The highest BCUT2D eigenvalue weighted by Crippen LogP contribution is 2.38. The van der Waals surface area contributed by atoms with Crippen molar-refractivity contribution in [3.05, 3.63) is 53.3 Å². The molecule has 2 amide bonds. The summed E-state index contributed by atoms with van der Waals surface area (Å²) in [5.41, 5.74) is 4.02. The number of piperidine rings is 1. The molecule has 30 heavy (non-hydrogen) atoms. The highest BCUT2D eigenvalue weighted by molar-refractivity contribution is 5.98.